The summed E-state index contributed by atoms with van der Waals surface area (Å²) in [6.07, 6.45) is 6.36. The van der Waals surface area contributed by atoms with Crippen LogP contribution in [0, 0.1) is 5.82 Å². The van der Waals surface area contributed by atoms with Gasteiger partial charge in [0.15, 0.2) is 11.6 Å². The van der Waals surface area contributed by atoms with Crippen molar-refractivity contribution in [3.63, 3.8) is 0 Å². The van der Waals surface area contributed by atoms with E-state index < -0.39 is 0 Å². The first-order valence-electron chi connectivity index (χ1n) is 12.4. The number of halogens is 2. The number of nitrogens with zero attached hydrogens (tertiary/aromatic N) is 3. The van der Waals surface area contributed by atoms with Crippen LogP contribution in [0.1, 0.15) is 41.6 Å². The summed E-state index contributed by atoms with van der Waals surface area (Å²) in [5.41, 5.74) is 8.81. The summed E-state index contributed by atoms with van der Waals surface area (Å²) in [5, 5.41) is 0. The molecule has 2 saturated heterocycles. The van der Waals surface area contributed by atoms with Crippen LogP contribution in [-0.4, -0.2) is 52.9 Å². The van der Waals surface area contributed by atoms with Gasteiger partial charge < -0.3 is 20.3 Å². The third-order valence-corrected chi connectivity index (χ3v) is 7.65. The number of aromatic nitrogens is 1. The molecule has 36 heavy (non-hydrogen) atoms. The summed E-state index contributed by atoms with van der Waals surface area (Å²) in [6, 6.07) is 14.8. The Morgan fingerprint density at radius 1 is 1.03 bits per heavy atom. The number of pyridine rings is 1. The molecule has 2 fully saturated rings. The van der Waals surface area contributed by atoms with Gasteiger partial charge in [-0.15, -0.1) is 0 Å². The fourth-order valence-corrected chi connectivity index (χ4v) is 5.38. The van der Waals surface area contributed by atoms with Crippen molar-refractivity contribution in [2.75, 3.05) is 31.9 Å². The largest absolute Gasteiger partial charge is 0.485 e. The van der Waals surface area contributed by atoms with E-state index in [-0.39, 0.29) is 24.1 Å². The van der Waals surface area contributed by atoms with E-state index in [1.807, 2.05) is 29.2 Å². The summed E-state index contributed by atoms with van der Waals surface area (Å²) in [5.74, 6) is 0.348. The fourth-order valence-electron chi connectivity index (χ4n) is 5.05. The number of piperidine rings is 1. The van der Waals surface area contributed by atoms with Crippen LogP contribution in [-0.2, 0) is 6.61 Å². The Kier molecular flexibility index (Phi) is 7.53. The van der Waals surface area contributed by atoms with Crippen molar-refractivity contribution >= 4 is 27.7 Å². The van der Waals surface area contributed by atoms with E-state index in [4.69, 9.17) is 10.5 Å². The van der Waals surface area contributed by atoms with Crippen LogP contribution < -0.4 is 10.5 Å². The zero-order chi connectivity index (χ0) is 25.1. The number of rotatable bonds is 6. The van der Waals surface area contributed by atoms with Crippen molar-refractivity contribution in [3.05, 3.63) is 76.1 Å². The van der Waals surface area contributed by atoms with Crippen molar-refractivity contribution in [2.45, 2.75) is 38.3 Å². The minimum absolute atomic E-state index is 0.0380. The van der Waals surface area contributed by atoms with Gasteiger partial charge in [-0.2, -0.15) is 0 Å². The average molecular weight is 553 g/mol. The van der Waals surface area contributed by atoms with E-state index in [1.54, 1.807) is 24.4 Å². The van der Waals surface area contributed by atoms with Gasteiger partial charge in [-0.1, -0.05) is 34.1 Å². The van der Waals surface area contributed by atoms with Crippen molar-refractivity contribution in [1.82, 2.24) is 14.8 Å². The first-order chi connectivity index (χ1) is 17.5. The topological polar surface area (TPSA) is 71.7 Å². The van der Waals surface area contributed by atoms with Crippen LogP contribution in [0.3, 0.4) is 0 Å². The van der Waals surface area contributed by atoms with Gasteiger partial charge in [0.2, 0.25) is 0 Å². The molecule has 0 atom stereocenters. The van der Waals surface area contributed by atoms with E-state index in [0.29, 0.717) is 27.4 Å². The number of ether oxygens (including phenoxy) is 1. The van der Waals surface area contributed by atoms with E-state index in [2.05, 4.69) is 25.8 Å². The quantitative estimate of drug-likeness (QED) is 0.436. The van der Waals surface area contributed by atoms with Crippen LogP contribution in [0.4, 0.5) is 10.2 Å². The maximum atomic E-state index is 14.1. The zero-order valence-corrected chi connectivity index (χ0v) is 21.7. The van der Waals surface area contributed by atoms with E-state index in [0.717, 1.165) is 37.1 Å². The Balaban J connectivity index is 1.22. The Labute approximate surface area is 219 Å². The molecule has 2 aliphatic heterocycles. The number of hydrogen-bond donors (Lipinski definition) is 1. The summed E-state index contributed by atoms with van der Waals surface area (Å²) >= 11 is 3.25. The second-order valence-corrected chi connectivity index (χ2v) is 10.4. The summed E-state index contributed by atoms with van der Waals surface area (Å²) in [7, 11) is 0. The Morgan fingerprint density at radius 3 is 2.44 bits per heavy atom. The molecule has 0 radical (unpaired) electrons. The van der Waals surface area contributed by atoms with Crippen molar-refractivity contribution in [3.8, 4) is 16.9 Å². The number of anilines is 1. The smallest absolute Gasteiger partial charge is 0.253 e. The highest BCUT2D eigenvalue weighted by molar-refractivity contribution is 9.10. The second kappa shape index (κ2) is 11.0. The molecule has 2 aromatic carbocycles. The molecule has 3 heterocycles. The number of carbonyl (C=O) groups excluding carboxylic acids is 1. The molecule has 1 aromatic heterocycles. The first-order valence-corrected chi connectivity index (χ1v) is 13.2. The SMILES string of the molecule is Nc1ncc(-c2ccc(C(=O)N3CCC(N4CCCC4)CC3)cc2)cc1OCc1ccc(Br)cc1F. The summed E-state index contributed by atoms with van der Waals surface area (Å²) in [4.78, 5) is 21.9. The Morgan fingerprint density at radius 2 is 1.75 bits per heavy atom. The lowest BCUT2D eigenvalue weighted by Gasteiger charge is -2.36. The van der Waals surface area contributed by atoms with Crippen LogP contribution in [0.25, 0.3) is 11.1 Å². The number of carbonyl (C=O) groups is 1. The fraction of sp³-hybridized carbons (Fsp3) is 0.357. The summed E-state index contributed by atoms with van der Waals surface area (Å²) in [6.45, 7) is 4.06. The van der Waals surface area contributed by atoms with Gasteiger partial charge >= 0.3 is 0 Å². The lowest BCUT2D eigenvalue weighted by Crippen LogP contribution is -2.45. The molecular weight excluding hydrogens is 523 g/mol. The van der Waals surface area contributed by atoms with Crippen molar-refractivity contribution < 1.29 is 13.9 Å². The molecule has 5 rings (SSSR count). The number of benzene rings is 2. The Bertz CT molecular complexity index is 1220. The van der Waals surface area contributed by atoms with Crippen LogP contribution in [0.5, 0.6) is 5.75 Å². The predicted octanol–water partition coefficient (Wildman–Crippen LogP) is 5.51. The van der Waals surface area contributed by atoms with E-state index in [1.165, 1.54) is 32.0 Å². The van der Waals surface area contributed by atoms with Gasteiger partial charge in [0.05, 0.1) is 0 Å². The monoisotopic (exact) mass is 552 g/mol. The normalized spacial score (nSPS) is 16.9. The Hall–Kier alpha value is -2.97. The highest BCUT2D eigenvalue weighted by Crippen LogP contribution is 2.29. The molecule has 1 amide bonds. The minimum atomic E-state index is -0.354. The average Bonchev–Trinajstić information content (AvgIpc) is 3.44. The first kappa shape index (κ1) is 24.7. The molecule has 0 unspecified atom stereocenters. The third-order valence-electron chi connectivity index (χ3n) is 7.15. The van der Waals surface area contributed by atoms with Gasteiger partial charge in [-0.3, -0.25) is 4.79 Å². The molecule has 0 saturated carbocycles. The molecule has 0 spiro atoms. The summed E-state index contributed by atoms with van der Waals surface area (Å²) < 4.78 is 20.6. The maximum absolute atomic E-state index is 14.1. The van der Waals surface area contributed by atoms with Gasteiger partial charge in [0.25, 0.3) is 5.91 Å². The number of nitrogen functional groups attached to an aromatic ring is 1. The molecule has 3 aromatic rings. The van der Waals surface area contributed by atoms with Crippen LogP contribution >= 0.6 is 15.9 Å². The molecule has 188 valence electrons. The molecule has 2 N–H and O–H groups in total. The number of nitrogens with two attached hydrogens (primary N) is 1. The lowest BCUT2D eigenvalue weighted by atomic mass is 10.0. The van der Waals surface area contributed by atoms with Crippen molar-refractivity contribution in [2.24, 2.45) is 0 Å². The van der Waals surface area contributed by atoms with Gasteiger partial charge in [-0.25, -0.2) is 9.37 Å². The predicted molar refractivity (Wildman–Crippen MR) is 142 cm³/mol. The standard InChI is InChI=1S/C28H30BrFN4O2/c29-23-8-7-21(25(30)16-23)18-36-26-15-22(17-32-27(26)31)19-3-5-20(6-4-19)28(35)34-13-9-24(10-14-34)33-11-1-2-12-33/h3-8,15-17,24H,1-2,9-14,18H2,(H2,31,32). The molecule has 2 aliphatic rings. The van der Waals surface area contributed by atoms with E-state index in [9.17, 15) is 9.18 Å². The second-order valence-electron chi connectivity index (χ2n) is 9.48. The molecule has 8 heteroatoms. The van der Waals surface area contributed by atoms with Crippen LogP contribution in [0.15, 0.2) is 59.2 Å². The van der Waals surface area contributed by atoms with Gasteiger partial charge in [0.1, 0.15) is 12.4 Å². The van der Waals surface area contributed by atoms with E-state index >= 15 is 0 Å². The zero-order valence-electron chi connectivity index (χ0n) is 20.1. The van der Waals surface area contributed by atoms with Gasteiger partial charge in [-0.05, 0) is 74.7 Å². The van der Waals surface area contributed by atoms with Crippen molar-refractivity contribution in [1.29, 1.82) is 0 Å². The van der Waals surface area contributed by atoms with Gasteiger partial charge in [0, 0.05) is 46.5 Å². The number of hydrogen-bond acceptors (Lipinski definition) is 5. The molecule has 0 bridgehead atoms. The minimum Gasteiger partial charge on any atom is -0.485 e. The lowest BCUT2D eigenvalue weighted by molar-refractivity contribution is 0.0644. The molecule has 0 aliphatic carbocycles. The maximum Gasteiger partial charge on any atom is 0.253 e. The number of likely N-dealkylation sites (tertiary alicyclic amines) is 2. The number of amides is 1. The van der Waals surface area contributed by atoms with Crippen LogP contribution in [0.2, 0.25) is 0 Å². The third kappa shape index (κ3) is 5.55. The highest BCUT2D eigenvalue weighted by Gasteiger charge is 2.28. The molecular formula is C28H30BrFN4O2. The molecule has 6 nitrogen and oxygen atoms in total. The highest BCUT2D eigenvalue weighted by atomic mass is 79.9.